The highest BCUT2D eigenvalue weighted by atomic mass is 32.2. The van der Waals surface area contributed by atoms with E-state index < -0.39 is 0 Å². The fourth-order valence-electron chi connectivity index (χ4n) is 3.75. The fourth-order valence-corrected chi connectivity index (χ4v) is 6.02. The second kappa shape index (κ2) is 7.51. The van der Waals surface area contributed by atoms with Gasteiger partial charge in [-0.1, -0.05) is 42.1 Å². The molecule has 2 heterocycles. The summed E-state index contributed by atoms with van der Waals surface area (Å²) in [6.45, 7) is 0. The first kappa shape index (κ1) is 18.2. The summed E-state index contributed by atoms with van der Waals surface area (Å²) >= 11 is 3.23. The van der Waals surface area contributed by atoms with Crippen molar-refractivity contribution in [3.63, 3.8) is 0 Å². The van der Waals surface area contributed by atoms with Crippen LogP contribution in [0.1, 0.15) is 28.0 Å². The first-order valence-corrected chi connectivity index (χ1v) is 11.3. The molecule has 1 aliphatic carbocycles. The molecule has 0 unspecified atom stereocenters. The Morgan fingerprint density at radius 1 is 1.10 bits per heavy atom. The molecule has 0 saturated carbocycles. The Morgan fingerprint density at radius 3 is 2.66 bits per heavy atom. The highest BCUT2D eigenvalue weighted by Crippen LogP contribution is 2.36. The minimum atomic E-state index is 0.0305. The number of nitrogens with zero attached hydrogens (tertiary/aromatic N) is 3. The van der Waals surface area contributed by atoms with Crippen LogP contribution < -0.4 is 5.56 Å². The molecular weight excluding hydrogens is 398 g/mol. The molecule has 1 aliphatic rings. The average molecular weight is 416 g/mol. The van der Waals surface area contributed by atoms with Gasteiger partial charge in [0.1, 0.15) is 4.83 Å². The van der Waals surface area contributed by atoms with Gasteiger partial charge in [-0.15, -0.1) is 11.3 Å². The molecule has 5 rings (SSSR count). The van der Waals surface area contributed by atoms with E-state index in [1.807, 2.05) is 54.6 Å². The number of aryl methyl sites for hydroxylation is 2. The number of hydrogen-bond donors (Lipinski definition) is 0. The van der Waals surface area contributed by atoms with E-state index in [1.165, 1.54) is 10.4 Å². The zero-order valence-corrected chi connectivity index (χ0v) is 17.2. The number of para-hydroxylation sites is 1. The summed E-state index contributed by atoms with van der Waals surface area (Å²) in [6.07, 6.45) is 3.14. The third-order valence-electron chi connectivity index (χ3n) is 5.17. The molecule has 0 amide bonds. The molecule has 6 heteroatoms. The molecular formula is C23H17N3OS2. The maximum Gasteiger partial charge on any atom is 0.267 e. The minimum Gasteiger partial charge on any atom is -0.268 e. The quantitative estimate of drug-likeness (QED) is 0.344. The van der Waals surface area contributed by atoms with Crippen molar-refractivity contribution >= 4 is 33.3 Å². The maximum atomic E-state index is 13.5. The number of benzene rings is 2. The van der Waals surface area contributed by atoms with E-state index in [1.54, 1.807) is 27.7 Å². The zero-order valence-electron chi connectivity index (χ0n) is 15.6. The Morgan fingerprint density at radius 2 is 1.90 bits per heavy atom. The van der Waals surface area contributed by atoms with Gasteiger partial charge in [0.2, 0.25) is 0 Å². The predicted octanol–water partition coefficient (Wildman–Crippen LogP) is 5.10. The smallest absolute Gasteiger partial charge is 0.267 e. The molecule has 0 bridgehead atoms. The molecule has 2 aromatic carbocycles. The summed E-state index contributed by atoms with van der Waals surface area (Å²) in [5.74, 6) is 0.682. The highest BCUT2D eigenvalue weighted by Gasteiger charge is 2.23. The molecule has 29 heavy (non-hydrogen) atoms. The largest absolute Gasteiger partial charge is 0.268 e. The summed E-state index contributed by atoms with van der Waals surface area (Å²) in [7, 11) is 0. The molecule has 4 aromatic rings. The average Bonchev–Trinajstić information content (AvgIpc) is 3.34. The normalized spacial score (nSPS) is 12.8. The number of aromatic nitrogens is 2. The van der Waals surface area contributed by atoms with Gasteiger partial charge in [-0.25, -0.2) is 4.98 Å². The summed E-state index contributed by atoms with van der Waals surface area (Å²) < 4.78 is 1.75. The van der Waals surface area contributed by atoms with Gasteiger partial charge in [-0.3, -0.25) is 9.36 Å². The topological polar surface area (TPSA) is 58.7 Å². The van der Waals surface area contributed by atoms with Crippen LogP contribution >= 0.6 is 23.1 Å². The van der Waals surface area contributed by atoms with Gasteiger partial charge in [0.25, 0.3) is 5.56 Å². The van der Waals surface area contributed by atoms with Crippen molar-refractivity contribution in [2.45, 2.75) is 30.2 Å². The standard InChI is InChI=1S/C23H17N3OS2/c24-13-15-9-11-16(12-10-15)14-28-23-25-21-20(18-7-4-8-19(18)29-21)22(27)26(23)17-5-2-1-3-6-17/h1-3,5-6,9-12H,4,7-8,14H2. The van der Waals surface area contributed by atoms with Crippen molar-refractivity contribution in [2.24, 2.45) is 0 Å². The van der Waals surface area contributed by atoms with Crippen LogP contribution in [0.15, 0.2) is 64.5 Å². The van der Waals surface area contributed by atoms with Crippen molar-refractivity contribution in [3.05, 3.63) is 86.5 Å². The number of fused-ring (bicyclic) bond motifs is 3. The molecule has 0 fully saturated rings. The summed E-state index contributed by atoms with van der Waals surface area (Å²) in [6, 6.07) is 19.4. The predicted molar refractivity (Wildman–Crippen MR) is 118 cm³/mol. The van der Waals surface area contributed by atoms with Crippen LogP contribution in [0.2, 0.25) is 0 Å². The van der Waals surface area contributed by atoms with Crippen molar-refractivity contribution in [1.29, 1.82) is 5.26 Å². The van der Waals surface area contributed by atoms with Gasteiger partial charge in [-0.05, 0) is 54.7 Å². The Bertz CT molecular complexity index is 1300. The van der Waals surface area contributed by atoms with Gasteiger partial charge in [0, 0.05) is 10.6 Å². The molecule has 0 atom stereocenters. The number of hydrogen-bond acceptors (Lipinski definition) is 5. The Balaban J connectivity index is 1.61. The van der Waals surface area contributed by atoms with Crippen LogP contribution in [-0.4, -0.2) is 9.55 Å². The van der Waals surface area contributed by atoms with Crippen LogP contribution in [-0.2, 0) is 18.6 Å². The molecule has 0 N–H and O–H groups in total. The molecule has 0 aliphatic heterocycles. The van der Waals surface area contributed by atoms with Crippen molar-refractivity contribution in [2.75, 3.05) is 0 Å². The first-order valence-electron chi connectivity index (χ1n) is 9.49. The van der Waals surface area contributed by atoms with Crippen molar-refractivity contribution in [3.8, 4) is 11.8 Å². The zero-order chi connectivity index (χ0) is 19.8. The third kappa shape index (κ3) is 3.27. The van der Waals surface area contributed by atoms with E-state index in [-0.39, 0.29) is 5.56 Å². The molecule has 0 saturated heterocycles. The molecule has 0 radical (unpaired) electrons. The van der Waals surface area contributed by atoms with E-state index in [2.05, 4.69) is 6.07 Å². The number of thiophene rings is 1. The van der Waals surface area contributed by atoms with E-state index in [0.29, 0.717) is 16.5 Å². The maximum absolute atomic E-state index is 13.5. The Labute approximate surface area is 176 Å². The van der Waals surface area contributed by atoms with Crippen LogP contribution in [0.5, 0.6) is 0 Å². The summed E-state index contributed by atoms with van der Waals surface area (Å²) in [5, 5.41) is 10.5. The van der Waals surface area contributed by atoms with Crippen LogP contribution in [0, 0.1) is 11.3 Å². The SMILES string of the molecule is N#Cc1ccc(CSc2nc3sc4c(c3c(=O)n2-c2ccccc2)CCC4)cc1. The Hall–Kier alpha value is -2.88. The van der Waals surface area contributed by atoms with Crippen LogP contribution in [0.25, 0.3) is 15.9 Å². The van der Waals surface area contributed by atoms with Crippen LogP contribution in [0.4, 0.5) is 0 Å². The minimum absolute atomic E-state index is 0.0305. The Kier molecular flexibility index (Phi) is 4.70. The van der Waals surface area contributed by atoms with Gasteiger partial charge in [0.15, 0.2) is 5.16 Å². The van der Waals surface area contributed by atoms with E-state index in [4.69, 9.17) is 10.2 Å². The van der Waals surface area contributed by atoms with Gasteiger partial charge in [-0.2, -0.15) is 5.26 Å². The van der Waals surface area contributed by atoms with E-state index >= 15 is 0 Å². The van der Waals surface area contributed by atoms with Gasteiger partial charge >= 0.3 is 0 Å². The molecule has 2 aromatic heterocycles. The lowest BCUT2D eigenvalue weighted by atomic mass is 10.2. The van der Waals surface area contributed by atoms with Crippen LogP contribution in [0.3, 0.4) is 0 Å². The lowest BCUT2D eigenvalue weighted by molar-refractivity contribution is 0.820. The van der Waals surface area contributed by atoms with Gasteiger partial charge < -0.3 is 0 Å². The van der Waals surface area contributed by atoms with Crippen molar-refractivity contribution in [1.82, 2.24) is 9.55 Å². The number of nitriles is 1. The molecule has 0 spiro atoms. The second-order valence-corrected chi connectivity index (χ2v) is 9.03. The second-order valence-electron chi connectivity index (χ2n) is 7.01. The van der Waals surface area contributed by atoms with Gasteiger partial charge in [0.05, 0.1) is 22.7 Å². The molecule has 4 nitrogen and oxygen atoms in total. The van der Waals surface area contributed by atoms with E-state index in [0.717, 1.165) is 40.7 Å². The number of rotatable bonds is 4. The number of thioether (sulfide) groups is 1. The first-order chi connectivity index (χ1) is 14.2. The molecule has 142 valence electrons. The monoisotopic (exact) mass is 415 g/mol. The fraction of sp³-hybridized carbons (Fsp3) is 0.174. The summed E-state index contributed by atoms with van der Waals surface area (Å²) in [5.41, 5.74) is 3.81. The third-order valence-corrected chi connectivity index (χ3v) is 7.37. The lowest BCUT2D eigenvalue weighted by Gasteiger charge is -2.12. The highest BCUT2D eigenvalue weighted by molar-refractivity contribution is 7.98. The van der Waals surface area contributed by atoms with Crippen molar-refractivity contribution < 1.29 is 0 Å². The van der Waals surface area contributed by atoms with E-state index in [9.17, 15) is 4.79 Å². The lowest BCUT2D eigenvalue weighted by Crippen LogP contribution is -2.21. The summed E-state index contributed by atoms with van der Waals surface area (Å²) in [4.78, 5) is 20.6.